The number of fused-ring (bicyclic) bond motifs is 1. The Bertz CT molecular complexity index is 510. The lowest BCUT2D eigenvalue weighted by molar-refractivity contribution is -0.0493. The molecule has 3 rings (SSSR count). The van der Waals surface area contributed by atoms with Gasteiger partial charge in [-0.25, -0.2) is 0 Å². The van der Waals surface area contributed by atoms with Gasteiger partial charge in [-0.1, -0.05) is 30.3 Å². The van der Waals surface area contributed by atoms with Crippen molar-refractivity contribution in [2.75, 3.05) is 11.1 Å². The van der Waals surface area contributed by atoms with Crippen LogP contribution in [0, 0.1) is 5.92 Å². The monoisotopic (exact) mass is 298 g/mol. The number of rotatable bonds is 3. The summed E-state index contributed by atoms with van der Waals surface area (Å²) >= 11 is 1.66. The van der Waals surface area contributed by atoms with Crippen molar-refractivity contribution in [1.29, 1.82) is 0 Å². The van der Waals surface area contributed by atoms with Gasteiger partial charge in [-0.05, 0) is 30.9 Å². The van der Waals surface area contributed by atoms with Crippen LogP contribution < -0.4 is 10.1 Å². The maximum Gasteiger partial charge on any atom is 0.387 e. The average molecular weight is 298 g/mol. The van der Waals surface area contributed by atoms with Gasteiger partial charge in [-0.2, -0.15) is 8.78 Å². The van der Waals surface area contributed by atoms with Crippen LogP contribution in [0.15, 0.2) is 29.3 Å². The van der Waals surface area contributed by atoms with Crippen molar-refractivity contribution in [2.45, 2.75) is 31.9 Å². The number of ether oxygens (including phenoxy) is 1. The van der Waals surface area contributed by atoms with E-state index in [1.165, 1.54) is 18.9 Å². The molecule has 1 aromatic rings. The zero-order valence-electron chi connectivity index (χ0n) is 10.9. The molecule has 0 aromatic heterocycles. The smallest absolute Gasteiger partial charge is 0.387 e. The molecule has 0 saturated heterocycles. The van der Waals surface area contributed by atoms with E-state index in [0.29, 0.717) is 17.6 Å². The van der Waals surface area contributed by atoms with E-state index in [0.717, 1.165) is 17.3 Å². The fourth-order valence-electron chi connectivity index (χ4n) is 2.71. The highest BCUT2D eigenvalue weighted by molar-refractivity contribution is 8.14. The predicted octanol–water partition coefficient (Wildman–Crippen LogP) is 3.97. The second-order valence-electron chi connectivity index (χ2n) is 5.00. The van der Waals surface area contributed by atoms with Crippen LogP contribution in [0.2, 0.25) is 0 Å². The van der Waals surface area contributed by atoms with Crippen molar-refractivity contribution >= 4 is 22.6 Å². The highest BCUT2D eigenvalue weighted by Crippen LogP contribution is 2.36. The Morgan fingerprint density at radius 2 is 2.15 bits per heavy atom. The summed E-state index contributed by atoms with van der Waals surface area (Å²) in [7, 11) is 0. The van der Waals surface area contributed by atoms with Gasteiger partial charge in [0, 0.05) is 5.75 Å². The van der Waals surface area contributed by atoms with Crippen LogP contribution in [0.25, 0.3) is 0 Å². The van der Waals surface area contributed by atoms with Gasteiger partial charge >= 0.3 is 6.61 Å². The van der Waals surface area contributed by atoms with Crippen LogP contribution in [0.4, 0.5) is 14.5 Å². The first-order chi connectivity index (χ1) is 9.72. The minimum atomic E-state index is -2.82. The van der Waals surface area contributed by atoms with E-state index < -0.39 is 6.61 Å². The molecule has 2 atom stereocenters. The number of nitrogens with zero attached hydrogens (tertiary/aromatic N) is 1. The number of thioether (sulfide) groups is 1. The molecule has 0 spiro atoms. The number of alkyl halides is 2. The number of nitrogens with one attached hydrogen (secondary N) is 1. The first-order valence-corrected chi connectivity index (χ1v) is 7.72. The van der Waals surface area contributed by atoms with Crippen molar-refractivity contribution in [3.8, 4) is 5.75 Å². The van der Waals surface area contributed by atoms with Crippen LogP contribution in [-0.2, 0) is 0 Å². The summed E-state index contributed by atoms with van der Waals surface area (Å²) in [6.07, 6.45) is 3.61. The van der Waals surface area contributed by atoms with E-state index in [1.807, 2.05) is 0 Å². The quantitative estimate of drug-likeness (QED) is 0.916. The van der Waals surface area contributed by atoms with Gasteiger partial charge in [0.05, 0.1) is 11.7 Å². The molecule has 108 valence electrons. The summed E-state index contributed by atoms with van der Waals surface area (Å²) < 4.78 is 29.3. The number of hydrogen-bond acceptors (Lipinski definition) is 4. The van der Waals surface area contributed by atoms with Gasteiger partial charge in [0.15, 0.2) is 5.17 Å². The van der Waals surface area contributed by atoms with E-state index in [9.17, 15) is 8.78 Å². The van der Waals surface area contributed by atoms with Crippen LogP contribution in [0.1, 0.15) is 19.3 Å². The Labute approximate surface area is 120 Å². The number of aliphatic imine (C=N–C) groups is 1. The molecule has 1 N–H and O–H groups in total. The van der Waals surface area contributed by atoms with E-state index >= 15 is 0 Å². The zero-order valence-corrected chi connectivity index (χ0v) is 11.7. The fourth-order valence-corrected chi connectivity index (χ4v) is 3.86. The van der Waals surface area contributed by atoms with Gasteiger partial charge in [-0.3, -0.25) is 4.99 Å². The van der Waals surface area contributed by atoms with E-state index in [-0.39, 0.29) is 5.75 Å². The van der Waals surface area contributed by atoms with E-state index in [1.54, 1.807) is 30.0 Å². The summed E-state index contributed by atoms with van der Waals surface area (Å²) in [6.45, 7) is -2.82. The number of halogens is 2. The fraction of sp³-hybridized carbons (Fsp3) is 0.500. The molecule has 0 radical (unpaired) electrons. The van der Waals surface area contributed by atoms with Crippen LogP contribution >= 0.6 is 11.8 Å². The summed E-state index contributed by atoms with van der Waals surface area (Å²) in [5.74, 6) is 1.88. The van der Waals surface area contributed by atoms with Gasteiger partial charge < -0.3 is 10.1 Å². The molecule has 6 heteroatoms. The molecule has 3 nitrogen and oxygen atoms in total. The lowest BCUT2D eigenvalue weighted by Gasteiger charge is -2.24. The van der Waals surface area contributed by atoms with Gasteiger partial charge in [0.2, 0.25) is 0 Å². The molecular formula is C14H16F2N2OS. The molecule has 0 amide bonds. The molecule has 1 aliphatic carbocycles. The first-order valence-electron chi connectivity index (χ1n) is 6.74. The van der Waals surface area contributed by atoms with Crippen LogP contribution in [0.5, 0.6) is 5.75 Å². The van der Waals surface area contributed by atoms with Crippen molar-refractivity contribution in [2.24, 2.45) is 10.9 Å². The first kappa shape index (κ1) is 13.7. The minimum Gasteiger partial charge on any atom is -0.433 e. The van der Waals surface area contributed by atoms with Gasteiger partial charge in [0.25, 0.3) is 0 Å². The molecule has 2 unspecified atom stereocenters. The van der Waals surface area contributed by atoms with Crippen LogP contribution in [0.3, 0.4) is 0 Å². The van der Waals surface area contributed by atoms with Crippen molar-refractivity contribution in [3.05, 3.63) is 24.3 Å². The highest BCUT2D eigenvalue weighted by Gasteiger charge is 2.31. The molecule has 1 fully saturated rings. The molecule has 1 aliphatic heterocycles. The summed E-state index contributed by atoms with van der Waals surface area (Å²) in [5, 5.41) is 3.93. The molecule has 2 aliphatic rings. The molecule has 20 heavy (non-hydrogen) atoms. The summed E-state index contributed by atoms with van der Waals surface area (Å²) in [6, 6.07) is 7.10. The lowest BCUT2D eigenvalue weighted by atomic mass is 10.1. The zero-order chi connectivity index (χ0) is 13.9. The van der Waals surface area contributed by atoms with E-state index in [4.69, 9.17) is 0 Å². The standard InChI is InChI=1S/C14H16F2N2OS/c15-13(16)19-12-7-2-1-5-11(12)18-14-17-10-6-3-4-9(10)8-20-14/h1-2,5,7,9-10,13H,3-4,6,8H2,(H,17,18). The Balaban J connectivity index is 1.74. The molecule has 1 saturated carbocycles. The van der Waals surface area contributed by atoms with Crippen molar-refractivity contribution in [3.63, 3.8) is 0 Å². The highest BCUT2D eigenvalue weighted by atomic mass is 32.2. The van der Waals surface area contributed by atoms with Crippen LogP contribution in [-0.4, -0.2) is 23.6 Å². The SMILES string of the molecule is FC(F)Oc1ccccc1NC1=NC2CCCC2CS1. The Morgan fingerprint density at radius 1 is 1.30 bits per heavy atom. The largest absolute Gasteiger partial charge is 0.433 e. The third-order valence-electron chi connectivity index (χ3n) is 3.68. The maximum absolute atomic E-state index is 12.4. The molecule has 0 bridgehead atoms. The normalized spacial score (nSPS) is 25.2. The third kappa shape index (κ3) is 3.06. The molecule has 1 aromatic carbocycles. The predicted molar refractivity (Wildman–Crippen MR) is 77.7 cm³/mol. The topological polar surface area (TPSA) is 33.6 Å². The summed E-state index contributed by atoms with van der Waals surface area (Å²) in [4.78, 5) is 4.68. The maximum atomic E-state index is 12.4. The van der Waals surface area contributed by atoms with Crippen molar-refractivity contribution < 1.29 is 13.5 Å². The number of benzene rings is 1. The number of hydrogen-bond donors (Lipinski definition) is 1. The number of para-hydroxylation sites is 2. The Hall–Kier alpha value is -1.30. The number of anilines is 1. The lowest BCUT2D eigenvalue weighted by Crippen LogP contribution is -2.25. The van der Waals surface area contributed by atoms with E-state index in [2.05, 4.69) is 15.0 Å². The van der Waals surface area contributed by atoms with Gasteiger partial charge in [-0.15, -0.1) is 0 Å². The number of amidine groups is 1. The second kappa shape index (κ2) is 5.99. The summed E-state index contributed by atoms with van der Waals surface area (Å²) in [5.41, 5.74) is 0.537. The second-order valence-corrected chi connectivity index (χ2v) is 6.01. The Kier molecular flexibility index (Phi) is 4.10. The third-order valence-corrected chi connectivity index (χ3v) is 4.76. The van der Waals surface area contributed by atoms with Gasteiger partial charge in [0.1, 0.15) is 5.75 Å². The van der Waals surface area contributed by atoms with Crippen molar-refractivity contribution in [1.82, 2.24) is 0 Å². The minimum absolute atomic E-state index is 0.152. The average Bonchev–Trinajstić information content (AvgIpc) is 2.88. The molecular weight excluding hydrogens is 282 g/mol. The Morgan fingerprint density at radius 3 is 3.00 bits per heavy atom. The molecule has 1 heterocycles.